The molecule has 0 aliphatic rings. The summed E-state index contributed by atoms with van der Waals surface area (Å²) < 4.78 is 28.4. The van der Waals surface area contributed by atoms with Crippen LogP contribution in [0.25, 0.3) is 0 Å². The molecule has 0 atom stereocenters. The lowest BCUT2D eigenvalue weighted by Crippen LogP contribution is -2.27. The lowest BCUT2D eigenvalue weighted by atomic mass is 10.1. The summed E-state index contributed by atoms with van der Waals surface area (Å²) in [5.74, 6) is 0. The van der Waals surface area contributed by atoms with Gasteiger partial charge in [0, 0.05) is 12.7 Å². The fourth-order valence-corrected chi connectivity index (χ4v) is 2.98. The highest BCUT2D eigenvalue weighted by Gasteiger charge is 2.13. The first-order chi connectivity index (χ1) is 9.38. The highest BCUT2D eigenvalue weighted by molar-refractivity contribution is 7.89. The maximum atomic E-state index is 12.1. The van der Waals surface area contributed by atoms with Gasteiger partial charge in [0.05, 0.1) is 22.7 Å². The number of sulfonamides is 1. The molecule has 2 aromatic rings. The van der Waals surface area contributed by atoms with Gasteiger partial charge in [0.15, 0.2) is 0 Å². The van der Waals surface area contributed by atoms with Gasteiger partial charge in [0.2, 0.25) is 10.0 Å². The number of hydrogen-bond acceptors (Lipinski definition) is 3. The molecule has 0 fully saturated rings. The molecule has 1 heterocycles. The van der Waals surface area contributed by atoms with Crippen LogP contribution >= 0.6 is 11.6 Å². The van der Waals surface area contributed by atoms with Crippen LogP contribution in [-0.4, -0.2) is 24.7 Å². The third kappa shape index (κ3) is 3.59. The second kappa shape index (κ2) is 5.95. The van der Waals surface area contributed by atoms with Crippen LogP contribution < -0.4 is 4.72 Å². The number of aromatic nitrogens is 2. The Kier molecular flexibility index (Phi) is 4.47. The first-order valence-corrected chi connectivity index (χ1v) is 7.99. The average molecular weight is 314 g/mol. The summed E-state index contributed by atoms with van der Waals surface area (Å²) in [4.78, 5) is 0.277. The van der Waals surface area contributed by atoms with Gasteiger partial charge in [-0.1, -0.05) is 17.7 Å². The van der Waals surface area contributed by atoms with Crippen molar-refractivity contribution in [2.24, 2.45) is 0 Å². The molecule has 0 saturated carbocycles. The van der Waals surface area contributed by atoms with Crippen LogP contribution in [0.4, 0.5) is 0 Å². The van der Waals surface area contributed by atoms with Crippen molar-refractivity contribution in [3.8, 4) is 0 Å². The first-order valence-electron chi connectivity index (χ1n) is 6.13. The maximum Gasteiger partial charge on any atom is 0.240 e. The predicted octanol–water partition coefficient (Wildman–Crippen LogP) is 2.13. The standard InChI is InChI=1S/C13H16ClN3O2S/c1-10-3-4-13(7-11(10)2)20(18,19)16-5-6-17-9-12(14)8-15-17/h3-4,7-9,16H,5-6H2,1-2H3. The van der Waals surface area contributed by atoms with E-state index in [0.29, 0.717) is 11.6 Å². The molecular formula is C13H16ClN3O2S. The summed E-state index contributed by atoms with van der Waals surface area (Å²) in [6.07, 6.45) is 3.16. The zero-order valence-corrected chi connectivity index (χ0v) is 12.9. The largest absolute Gasteiger partial charge is 0.270 e. The lowest BCUT2D eigenvalue weighted by molar-refractivity contribution is 0.561. The van der Waals surface area contributed by atoms with Crippen molar-refractivity contribution in [1.82, 2.24) is 14.5 Å². The Hall–Kier alpha value is -1.37. The van der Waals surface area contributed by atoms with Crippen LogP contribution in [0, 0.1) is 13.8 Å². The van der Waals surface area contributed by atoms with Gasteiger partial charge in [-0.15, -0.1) is 0 Å². The van der Waals surface area contributed by atoms with Gasteiger partial charge in [-0.05, 0) is 37.1 Å². The molecule has 0 saturated heterocycles. The van der Waals surface area contributed by atoms with Crippen LogP contribution in [0.2, 0.25) is 5.02 Å². The van der Waals surface area contributed by atoms with E-state index >= 15 is 0 Å². The van der Waals surface area contributed by atoms with Gasteiger partial charge >= 0.3 is 0 Å². The van der Waals surface area contributed by atoms with Gasteiger partial charge in [0.25, 0.3) is 0 Å². The number of hydrogen-bond donors (Lipinski definition) is 1. The molecule has 0 aliphatic heterocycles. The van der Waals surface area contributed by atoms with Gasteiger partial charge in [-0.2, -0.15) is 5.10 Å². The van der Waals surface area contributed by atoms with E-state index in [-0.39, 0.29) is 11.4 Å². The summed E-state index contributed by atoms with van der Waals surface area (Å²) in [7, 11) is -3.49. The van der Waals surface area contributed by atoms with Crippen LogP contribution in [-0.2, 0) is 16.6 Å². The summed E-state index contributed by atoms with van der Waals surface area (Å²) in [5, 5.41) is 4.51. The number of halogens is 1. The molecular weight excluding hydrogens is 298 g/mol. The third-order valence-corrected chi connectivity index (χ3v) is 4.68. The van der Waals surface area contributed by atoms with Gasteiger partial charge in [-0.25, -0.2) is 13.1 Å². The highest BCUT2D eigenvalue weighted by Crippen LogP contribution is 2.14. The smallest absolute Gasteiger partial charge is 0.240 e. The Morgan fingerprint density at radius 2 is 2.05 bits per heavy atom. The summed E-state index contributed by atoms with van der Waals surface area (Å²) in [6.45, 7) is 4.52. The number of rotatable bonds is 5. The molecule has 0 spiro atoms. The minimum Gasteiger partial charge on any atom is -0.270 e. The normalized spacial score (nSPS) is 11.8. The van der Waals surface area contributed by atoms with Crippen molar-refractivity contribution in [1.29, 1.82) is 0 Å². The Labute approximate surface area is 123 Å². The van der Waals surface area contributed by atoms with E-state index in [0.717, 1.165) is 11.1 Å². The quantitative estimate of drug-likeness (QED) is 0.919. The van der Waals surface area contributed by atoms with Crippen molar-refractivity contribution < 1.29 is 8.42 Å². The van der Waals surface area contributed by atoms with E-state index in [9.17, 15) is 8.42 Å². The molecule has 2 rings (SSSR count). The van der Waals surface area contributed by atoms with Crippen LogP contribution in [0.3, 0.4) is 0 Å². The molecule has 108 valence electrons. The first kappa shape index (κ1) is 15.0. The topological polar surface area (TPSA) is 64.0 Å². The SMILES string of the molecule is Cc1ccc(S(=O)(=O)NCCn2cc(Cl)cn2)cc1C. The molecule has 20 heavy (non-hydrogen) atoms. The second-order valence-electron chi connectivity index (χ2n) is 4.57. The molecule has 0 bridgehead atoms. The zero-order valence-electron chi connectivity index (χ0n) is 11.3. The van der Waals surface area contributed by atoms with E-state index in [2.05, 4.69) is 9.82 Å². The molecule has 1 aromatic heterocycles. The second-order valence-corrected chi connectivity index (χ2v) is 6.77. The summed E-state index contributed by atoms with van der Waals surface area (Å²) in [6, 6.07) is 5.08. The molecule has 1 N–H and O–H groups in total. The Morgan fingerprint density at radius 1 is 1.30 bits per heavy atom. The number of aryl methyl sites for hydroxylation is 2. The molecule has 1 aromatic carbocycles. The highest BCUT2D eigenvalue weighted by atomic mass is 35.5. The average Bonchev–Trinajstić information content (AvgIpc) is 2.78. The van der Waals surface area contributed by atoms with Crippen molar-refractivity contribution in [3.63, 3.8) is 0 Å². The maximum absolute atomic E-state index is 12.1. The van der Waals surface area contributed by atoms with Crippen molar-refractivity contribution in [2.45, 2.75) is 25.3 Å². The van der Waals surface area contributed by atoms with Gasteiger partial charge in [0.1, 0.15) is 0 Å². The van der Waals surface area contributed by atoms with Gasteiger partial charge in [-0.3, -0.25) is 4.68 Å². The molecule has 5 nitrogen and oxygen atoms in total. The van der Waals surface area contributed by atoms with E-state index in [1.165, 1.54) is 6.20 Å². The molecule has 0 unspecified atom stereocenters. The minimum atomic E-state index is -3.49. The zero-order chi connectivity index (χ0) is 14.8. The van der Waals surface area contributed by atoms with Crippen molar-refractivity contribution in [3.05, 3.63) is 46.7 Å². The molecule has 0 radical (unpaired) electrons. The fraction of sp³-hybridized carbons (Fsp3) is 0.308. The predicted molar refractivity (Wildman–Crippen MR) is 78.3 cm³/mol. The summed E-state index contributed by atoms with van der Waals surface area (Å²) in [5.41, 5.74) is 2.02. The lowest BCUT2D eigenvalue weighted by Gasteiger charge is -2.08. The fourth-order valence-electron chi connectivity index (χ4n) is 1.72. The van der Waals surface area contributed by atoms with E-state index in [1.807, 2.05) is 13.8 Å². The van der Waals surface area contributed by atoms with Crippen molar-refractivity contribution in [2.75, 3.05) is 6.54 Å². The number of nitrogens with one attached hydrogen (secondary N) is 1. The van der Waals surface area contributed by atoms with Crippen LogP contribution in [0.15, 0.2) is 35.5 Å². The Morgan fingerprint density at radius 3 is 2.65 bits per heavy atom. The number of nitrogens with zero attached hydrogens (tertiary/aromatic N) is 2. The van der Waals surface area contributed by atoms with E-state index in [4.69, 9.17) is 11.6 Å². The number of benzene rings is 1. The van der Waals surface area contributed by atoms with Crippen LogP contribution in [0.1, 0.15) is 11.1 Å². The Balaban J connectivity index is 2.02. The van der Waals surface area contributed by atoms with E-state index in [1.54, 1.807) is 29.1 Å². The minimum absolute atomic E-state index is 0.257. The van der Waals surface area contributed by atoms with Crippen molar-refractivity contribution >= 4 is 21.6 Å². The Bertz CT molecular complexity index is 710. The van der Waals surface area contributed by atoms with Gasteiger partial charge < -0.3 is 0 Å². The molecule has 0 amide bonds. The third-order valence-electron chi connectivity index (χ3n) is 3.02. The van der Waals surface area contributed by atoms with Crippen LogP contribution in [0.5, 0.6) is 0 Å². The molecule has 0 aliphatic carbocycles. The molecule has 7 heteroatoms. The summed E-state index contributed by atoms with van der Waals surface area (Å²) >= 11 is 5.74. The van der Waals surface area contributed by atoms with E-state index < -0.39 is 10.0 Å². The monoisotopic (exact) mass is 313 g/mol.